The van der Waals surface area contributed by atoms with Crippen molar-refractivity contribution in [1.29, 1.82) is 0 Å². The highest BCUT2D eigenvalue weighted by atomic mass is 19.1. The minimum atomic E-state index is -0.826. The van der Waals surface area contributed by atoms with E-state index in [1.165, 1.54) is 6.07 Å². The second-order valence-electron chi connectivity index (χ2n) is 8.55. The SMILES string of the molecule is COC(C)(C)C(=O)N1CCCC12CN(c1cccc(F)c1)C(C)(C)C2. The molecule has 1 aromatic rings. The zero-order valence-corrected chi connectivity index (χ0v) is 15.9. The minimum Gasteiger partial charge on any atom is -0.369 e. The average Bonchev–Trinajstić information content (AvgIpc) is 3.06. The Labute approximate surface area is 149 Å². The van der Waals surface area contributed by atoms with Gasteiger partial charge in [-0.1, -0.05) is 6.07 Å². The van der Waals surface area contributed by atoms with Crippen LogP contribution in [0, 0.1) is 5.82 Å². The second-order valence-corrected chi connectivity index (χ2v) is 8.55. The molecule has 5 heteroatoms. The summed E-state index contributed by atoms with van der Waals surface area (Å²) in [4.78, 5) is 17.4. The molecule has 1 unspecified atom stereocenters. The number of hydrogen-bond donors (Lipinski definition) is 0. The van der Waals surface area contributed by atoms with Crippen LogP contribution in [-0.2, 0) is 9.53 Å². The lowest BCUT2D eigenvalue weighted by Gasteiger charge is -2.39. The van der Waals surface area contributed by atoms with Crippen molar-refractivity contribution < 1.29 is 13.9 Å². The summed E-state index contributed by atoms with van der Waals surface area (Å²) in [6, 6.07) is 6.75. The fraction of sp³-hybridized carbons (Fsp3) is 0.650. The van der Waals surface area contributed by atoms with E-state index in [0.717, 1.165) is 38.0 Å². The fourth-order valence-corrected chi connectivity index (χ4v) is 4.57. The molecular weight excluding hydrogens is 319 g/mol. The number of amides is 1. The maximum absolute atomic E-state index is 13.7. The standard InChI is InChI=1S/C20H29FN2O2/c1-18(2)13-20(14-23(18)16-9-6-8-15(21)12-16)10-7-11-22(20)17(24)19(3,4)25-5/h6,8-9,12H,7,10-11,13-14H2,1-5H3. The number of likely N-dealkylation sites (tertiary alicyclic amines) is 1. The molecule has 1 spiro atoms. The molecule has 0 saturated carbocycles. The number of benzene rings is 1. The first-order chi connectivity index (χ1) is 11.6. The molecule has 1 aromatic carbocycles. The topological polar surface area (TPSA) is 32.8 Å². The number of carbonyl (C=O) groups is 1. The molecule has 0 bridgehead atoms. The molecule has 2 heterocycles. The molecule has 25 heavy (non-hydrogen) atoms. The maximum atomic E-state index is 13.7. The molecule has 0 N–H and O–H groups in total. The van der Waals surface area contributed by atoms with E-state index in [1.807, 2.05) is 24.8 Å². The number of nitrogens with zero attached hydrogens (tertiary/aromatic N) is 2. The predicted octanol–water partition coefficient (Wildman–Crippen LogP) is 3.60. The highest BCUT2D eigenvalue weighted by molar-refractivity contribution is 5.85. The van der Waals surface area contributed by atoms with Crippen molar-refractivity contribution in [3.8, 4) is 0 Å². The normalized spacial score (nSPS) is 25.8. The van der Waals surface area contributed by atoms with Crippen LogP contribution in [0.1, 0.15) is 47.0 Å². The molecule has 0 radical (unpaired) electrons. The zero-order chi connectivity index (χ0) is 18.5. The maximum Gasteiger partial charge on any atom is 0.254 e. The van der Waals surface area contributed by atoms with Gasteiger partial charge in [0.25, 0.3) is 5.91 Å². The van der Waals surface area contributed by atoms with Gasteiger partial charge in [0.2, 0.25) is 0 Å². The molecular formula is C20H29FN2O2. The predicted molar refractivity (Wildman–Crippen MR) is 97.2 cm³/mol. The van der Waals surface area contributed by atoms with Gasteiger partial charge in [-0.05, 0) is 65.2 Å². The van der Waals surface area contributed by atoms with Gasteiger partial charge in [0.15, 0.2) is 0 Å². The summed E-state index contributed by atoms with van der Waals surface area (Å²) in [6.07, 6.45) is 2.86. The molecule has 138 valence electrons. The van der Waals surface area contributed by atoms with Gasteiger partial charge in [-0.15, -0.1) is 0 Å². The Bertz CT molecular complexity index is 673. The van der Waals surface area contributed by atoms with Crippen molar-refractivity contribution in [3.63, 3.8) is 0 Å². The van der Waals surface area contributed by atoms with Crippen molar-refractivity contribution in [2.45, 2.75) is 63.6 Å². The second kappa shape index (κ2) is 5.97. The van der Waals surface area contributed by atoms with Crippen LogP contribution >= 0.6 is 0 Å². The van der Waals surface area contributed by atoms with Crippen molar-refractivity contribution in [2.24, 2.45) is 0 Å². The van der Waals surface area contributed by atoms with Crippen LogP contribution in [0.4, 0.5) is 10.1 Å². The highest BCUT2D eigenvalue weighted by Gasteiger charge is 2.56. The van der Waals surface area contributed by atoms with Gasteiger partial charge >= 0.3 is 0 Å². The van der Waals surface area contributed by atoms with Gasteiger partial charge in [0, 0.05) is 31.4 Å². The Hall–Kier alpha value is -1.62. The number of halogens is 1. The molecule has 2 aliphatic rings. The molecule has 2 saturated heterocycles. The quantitative estimate of drug-likeness (QED) is 0.837. The largest absolute Gasteiger partial charge is 0.369 e. The van der Waals surface area contributed by atoms with E-state index in [-0.39, 0.29) is 22.8 Å². The average molecular weight is 348 g/mol. The molecule has 0 aliphatic carbocycles. The van der Waals surface area contributed by atoms with Crippen molar-refractivity contribution in [2.75, 3.05) is 25.1 Å². The van der Waals surface area contributed by atoms with Gasteiger partial charge < -0.3 is 14.5 Å². The summed E-state index contributed by atoms with van der Waals surface area (Å²) in [5.74, 6) is -0.182. The Morgan fingerprint density at radius 1 is 1.32 bits per heavy atom. The van der Waals surface area contributed by atoms with Crippen LogP contribution in [-0.4, -0.2) is 47.7 Å². The Kier molecular flexibility index (Phi) is 4.34. The number of anilines is 1. The van der Waals surface area contributed by atoms with E-state index in [0.29, 0.717) is 0 Å². The lowest BCUT2D eigenvalue weighted by molar-refractivity contribution is -0.155. The first-order valence-corrected chi connectivity index (χ1v) is 9.02. The van der Waals surface area contributed by atoms with Crippen LogP contribution in [0.5, 0.6) is 0 Å². The van der Waals surface area contributed by atoms with E-state index in [4.69, 9.17) is 4.74 Å². The number of rotatable bonds is 3. The molecule has 1 amide bonds. The summed E-state index contributed by atoms with van der Waals surface area (Å²) in [5, 5.41) is 0. The van der Waals surface area contributed by atoms with Crippen LogP contribution in [0.2, 0.25) is 0 Å². The Balaban J connectivity index is 1.93. The molecule has 4 nitrogen and oxygen atoms in total. The summed E-state index contributed by atoms with van der Waals surface area (Å²) < 4.78 is 19.2. The number of ether oxygens (including phenoxy) is 1. The molecule has 0 aromatic heterocycles. The van der Waals surface area contributed by atoms with E-state index >= 15 is 0 Å². The van der Waals surface area contributed by atoms with Crippen molar-refractivity contribution >= 4 is 11.6 Å². The Morgan fingerprint density at radius 2 is 2.04 bits per heavy atom. The molecule has 2 fully saturated rings. The molecule has 3 rings (SSSR count). The van der Waals surface area contributed by atoms with Gasteiger partial charge in [0.1, 0.15) is 11.4 Å². The monoisotopic (exact) mass is 348 g/mol. The van der Waals surface area contributed by atoms with E-state index in [1.54, 1.807) is 19.2 Å². The lowest BCUT2D eigenvalue weighted by atomic mass is 9.87. The Morgan fingerprint density at radius 3 is 2.68 bits per heavy atom. The molecule has 2 aliphatic heterocycles. The van der Waals surface area contributed by atoms with E-state index in [9.17, 15) is 9.18 Å². The minimum absolute atomic E-state index is 0.0457. The molecule has 1 atom stereocenters. The van der Waals surface area contributed by atoms with Gasteiger partial charge in [-0.25, -0.2) is 4.39 Å². The van der Waals surface area contributed by atoms with Crippen LogP contribution in [0.3, 0.4) is 0 Å². The summed E-state index contributed by atoms with van der Waals surface area (Å²) >= 11 is 0. The third kappa shape index (κ3) is 3.03. The van der Waals surface area contributed by atoms with E-state index in [2.05, 4.69) is 18.7 Å². The fourth-order valence-electron chi connectivity index (χ4n) is 4.57. The lowest BCUT2D eigenvalue weighted by Crippen LogP contribution is -2.55. The van der Waals surface area contributed by atoms with Crippen molar-refractivity contribution in [3.05, 3.63) is 30.1 Å². The smallest absolute Gasteiger partial charge is 0.254 e. The number of hydrogen-bond acceptors (Lipinski definition) is 3. The van der Waals surface area contributed by atoms with E-state index < -0.39 is 5.60 Å². The highest BCUT2D eigenvalue weighted by Crippen LogP contribution is 2.47. The number of methoxy groups -OCH3 is 1. The third-order valence-corrected chi connectivity index (χ3v) is 5.93. The van der Waals surface area contributed by atoms with Gasteiger partial charge in [0.05, 0.1) is 5.54 Å². The number of carbonyl (C=O) groups excluding carboxylic acids is 1. The van der Waals surface area contributed by atoms with Crippen LogP contribution in [0.15, 0.2) is 24.3 Å². The summed E-state index contributed by atoms with van der Waals surface area (Å²) in [7, 11) is 1.58. The van der Waals surface area contributed by atoms with Crippen LogP contribution < -0.4 is 4.90 Å². The van der Waals surface area contributed by atoms with Crippen molar-refractivity contribution in [1.82, 2.24) is 4.90 Å². The first-order valence-electron chi connectivity index (χ1n) is 9.02. The van der Waals surface area contributed by atoms with Gasteiger partial charge in [-0.2, -0.15) is 0 Å². The zero-order valence-electron chi connectivity index (χ0n) is 15.9. The first kappa shape index (κ1) is 18.2. The summed E-state index contributed by atoms with van der Waals surface area (Å²) in [5.41, 5.74) is -0.295. The summed E-state index contributed by atoms with van der Waals surface area (Å²) in [6.45, 7) is 9.50. The van der Waals surface area contributed by atoms with Crippen LogP contribution in [0.25, 0.3) is 0 Å². The van der Waals surface area contributed by atoms with Gasteiger partial charge in [-0.3, -0.25) is 4.79 Å². The third-order valence-electron chi connectivity index (χ3n) is 5.93.